The van der Waals surface area contributed by atoms with Crippen molar-refractivity contribution in [2.75, 3.05) is 4.90 Å². The van der Waals surface area contributed by atoms with Gasteiger partial charge in [0.05, 0.1) is 5.69 Å². The van der Waals surface area contributed by atoms with E-state index in [1.165, 1.54) is 33.4 Å². The highest BCUT2D eigenvalue weighted by atomic mass is 16.3. The highest BCUT2D eigenvalue weighted by molar-refractivity contribution is 6.15. The monoisotopic (exact) mass is 986 g/mol. The molecule has 0 radical (unpaired) electrons. The van der Waals surface area contributed by atoms with Crippen LogP contribution in [0.5, 0.6) is 0 Å². The smallest absolute Gasteiger partial charge is 0.164 e. The Kier molecular flexibility index (Phi) is 11.1. The van der Waals surface area contributed by atoms with Crippen LogP contribution in [0.15, 0.2) is 271 Å². The molecular formula is C72H50N4O. The average molecular weight is 987 g/mol. The Labute approximate surface area is 448 Å². The van der Waals surface area contributed by atoms with Crippen LogP contribution in [0.25, 0.3) is 112 Å². The van der Waals surface area contributed by atoms with Gasteiger partial charge in [-0.3, -0.25) is 0 Å². The van der Waals surface area contributed by atoms with E-state index in [1.54, 1.807) is 0 Å². The lowest BCUT2D eigenvalue weighted by Crippen LogP contribution is -2.16. The second-order valence-electron chi connectivity index (χ2n) is 20.3. The summed E-state index contributed by atoms with van der Waals surface area (Å²) in [6.45, 7) is 4.68. The Balaban J connectivity index is 0.923. The van der Waals surface area contributed by atoms with E-state index in [9.17, 15) is 0 Å². The molecule has 0 unspecified atom stereocenters. The summed E-state index contributed by atoms with van der Waals surface area (Å²) in [6.07, 6.45) is 0. The number of benzene rings is 11. The number of hydrogen-bond acceptors (Lipinski definition) is 5. The van der Waals surface area contributed by atoms with Crippen molar-refractivity contribution in [2.24, 2.45) is 0 Å². The average Bonchev–Trinajstić information content (AvgIpc) is 4.16. The predicted octanol–water partition coefficient (Wildman–Crippen LogP) is 19.2. The number of nitrogens with zero attached hydrogens (tertiary/aromatic N) is 4. The minimum Gasteiger partial charge on any atom is -0.455 e. The Morgan fingerprint density at radius 2 is 0.831 bits per heavy atom. The van der Waals surface area contributed by atoms with Crippen molar-refractivity contribution in [1.29, 1.82) is 0 Å². The summed E-state index contributed by atoms with van der Waals surface area (Å²) in [5.41, 5.74) is 21.2. The van der Waals surface area contributed by atoms with Gasteiger partial charge in [0.15, 0.2) is 17.5 Å². The van der Waals surface area contributed by atoms with Gasteiger partial charge in [-0.25, -0.2) is 15.0 Å². The summed E-state index contributed by atoms with van der Waals surface area (Å²) in [5, 5.41) is 1.92. The van der Waals surface area contributed by atoms with Crippen LogP contribution in [-0.2, 0) is 5.41 Å². The molecule has 2 heterocycles. The van der Waals surface area contributed by atoms with E-state index in [1.807, 2.05) is 42.5 Å². The number of aromatic nitrogens is 3. The normalized spacial score (nSPS) is 12.4. The van der Waals surface area contributed by atoms with Crippen molar-refractivity contribution in [3.8, 4) is 89.8 Å². The van der Waals surface area contributed by atoms with Crippen molar-refractivity contribution < 1.29 is 4.42 Å². The summed E-state index contributed by atoms with van der Waals surface area (Å²) in [6, 6.07) is 94.5. The number of furan rings is 1. The van der Waals surface area contributed by atoms with Crippen LogP contribution < -0.4 is 4.90 Å². The minimum atomic E-state index is -0.159. The second-order valence-corrected chi connectivity index (χ2v) is 20.3. The largest absolute Gasteiger partial charge is 0.455 e. The SMILES string of the molecule is CC1(C)c2ccccc2-c2c(N(c3ccc(-c4ccccc4)cc3)c3cccc(-c4cccc5c4oc4cccc(-c6nc(-c7ccccc7)nc(-c7cc(-c8ccccc8)cc(-c8ccccc8)c7)n6)c45)c3)cccc21. The van der Waals surface area contributed by atoms with Crippen LogP contribution in [0.1, 0.15) is 25.0 Å². The molecule has 0 saturated heterocycles. The fourth-order valence-electron chi connectivity index (χ4n) is 11.5. The Bertz CT molecular complexity index is 4280. The molecular weight excluding hydrogens is 937 g/mol. The van der Waals surface area contributed by atoms with E-state index in [2.05, 4.69) is 243 Å². The molecule has 364 valence electrons. The molecule has 0 atom stereocenters. The third kappa shape index (κ3) is 8.08. The first-order valence-corrected chi connectivity index (χ1v) is 26.2. The van der Waals surface area contributed by atoms with Crippen molar-refractivity contribution in [2.45, 2.75) is 19.3 Å². The molecule has 13 aromatic rings. The third-order valence-electron chi connectivity index (χ3n) is 15.3. The maximum Gasteiger partial charge on any atom is 0.164 e. The lowest BCUT2D eigenvalue weighted by Gasteiger charge is -2.29. The van der Waals surface area contributed by atoms with Gasteiger partial charge in [0.25, 0.3) is 0 Å². The number of fused-ring (bicyclic) bond motifs is 6. The molecule has 11 aromatic carbocycles. The number of para-hydroxylation sites is 1. The zero-order valence-corrected chi connectivity index (χ0v) is 42.6. The van der Waals surface area contributed by atoms with Crippen molar-refractivity contribution in [1.82, 2.24) is 15.0 Å². The molecule has 5 nitrogen and oxygen atoms in total. The molecule has 0 spiro atoms. The lowest BCUT2D eigenvalue weighted by atomic mass is 9.82. The summed E-state index contributed by atoms with van der Waals surface area (Å²) < 4.78 is 7.02. The molecule has 0 aliphatic heterocycles. The van der Waals surface area contributed by atoms with E-state index >= 15 is 0 Å². The quantitative estimate of drug-likeness (QED) is 0.137. The molecule has 0 fully saturated rings. The van der Waals surface area contributed by atoms with Crippen LogP contribution in [0.4, 0.5) is 17.1 Å². The fraction of sp³-hybridized carbons (Fsp3) is 0.0417. The fourth-order valence-corrected chi connectivity index (χ4v) is 11.5. The van der Waals surface area contributed by atoms with Crippen LogP contribution in [0.3, 0.4) is 0 Å². The zero-order valence-electron chi connectivity index (χ0n) is 42.6. The summed E-state index contributed by atoms with van der Waals surface area (Å²) in [4.78, 5) is 18.3. The van der Waals surface area contributed by atoms with Crippen molar-refractivity contribution >= 4 is 39.0 Å². The first kappa shape index (κ1) is 45.6. The molecule has 5 heteroatoms. The van der Waals surface area contributed by atoms with E-state index < -0.39 is 0 Å². The minimum absolute atomic E-state index is 0.159. The first-order chi connectivity index (χ1) is 37.9. The van der Waals surface area contributed by atoms with Gasteiger partial charge in [-0.1, -0.05) is 226 Å². The van der Waals surface area contributed by atoms with Gasteiger partial charge in [-0.2, -0.15) is 0 Å². The number of anilines is 3. The summed E-state index contributed by atoms with van der Waals surface area (Å²) >= 11 is 0. The molecule has 2 aromatic heterocycles. The molecule has 0 amide bonds. The van der Waals surface area contributed by atoms with Gasteiger partial charge in [0, 0.05) is 55.4 Å². The molecule has 0 bridgehead atoms. The van der Waals surface area contributed by atoms with Gasteiger partial charge in [-0.15, -0.1) is 0 Å². The zero-order chi connectivity index (χ0) is 51.5. The Morgan fingerprint density at radius 3 is 1.52 bits per heavy atom. The van der Waals surface area contributed by atoms with Crippen LogP contribution in [0.2, 0.25) is 0 Å². The van der Waals surface area contributed by atoms with Crippen LogP contribution in [0, 0.1) is 0 Å². The maximum absolute atomic E-state index is 7.02. The molecule has 1 aliphatic rings. The summed E-state index contributed by atoms with van der Waals surface area (Å²) in [7, 11) is 0. The van der Waals surface area contributed by atoms with Gasteiger partial charge < -0.3 is 9.32 Å². The van der Waals surface area contributed by atoms with Gasteiger partial charge >= 0.3 is 0 Å². The number of hydrogen-bond donors (Lipinski definition) is 0. The van der Waals surface area contributed by atoms with E-state index in [0.29, 0.717) is 17.5 Å². The van der Waals surface area contributed by atoms with Gasteiger partial charge in [0.1, 0.15) is 11.2 Å². The molecule has 14 rings (SSSR count). The maximum atomic E-state index is 7.02. The standard InChI is InChI=1S/C72H50N4O/c1-72(2)62-35-16-15-31-59(62)67-63(72)36-20-37-64(67)76(56-41-39-50(40-42-56)47-21-7-3-8-22-47)57-30-17-29-52(46-57)58-32-18-33-60-66-61(34-19-38-65(66)77-68(58)60)71-74-69(51-27-13-6-14-28-51)73-70(75-71)55-44-53(48-23-9-4-10-24-48)43-54(45-55)49-25-11-5-12-26-49/h3-46H,1-2H3. The highest BCUT2D eigenvalue weighted by Gasteiger charge is 2.38. The number of rotatable bonds is 10. The van der Waals surface area contributed by atoms with E-state index in [4.69, 9.17) is 19.4 Å². The summed E-state index contributed by atoms with van der Waals surface area (Å²) in [5.74, 6) is 1.74. The van der Waals surface area contributed by atoms with E-state index in [-0.39, 0.29) is 5.41 Å². The van der Waals surface area contributed by atoms with Crippen LogP contribution >= 0.6 is 0 Å². The van der Waals surface area contributed by atoms with Crippen molar-refractivity contribution in [3.05, 3.63) is 278 Å². The second kappa shape index (κ2) is 18.8. The first-order valence-electron chi connectivity index (χ1n) is 26.2. The molecule has 1 aliphatic carbocycles. The Morgan fingerprint density at radius 1 is 0.338 bits per heavy atom. The predicted molar refractivity (Wildman–Crippen MR) is 317 cm³/mol. The highest BCUT2D eigenvalue weighted by Crippen LogP contribution is 2.54. The lowest BCUT2D eigenvalue weighted by molar-refractivity contribution is 0.660. The Hall–Kier alpha value is -9.97. The van der Waals surface area contributed by atoms with Gasteiger partial charge in [0.2, 0.25) is 0 Å². The van der Waals surface area contributed by atoms with Crippen molar-refractivity contribution in [3.63, 3.8) is 0 Å². The van der Waals surface area contributed by atoms with Gasteiger partial charge in [-0.05, 0) is 110 Å². The topological polar surface area (TPSA) is 55.1 Å². The molecule has 0 saturated carbocycles. The van der Waals surface area contributed by atoms with Crippen LogP contribution in [-0.4, -0.2) is 15.0 Å². The van der Waals surface area contributed by atoms with E-state index in [0.717, 1.165) is 89.1 Å². The molecule has 0 N–H and O–H groups in total. The molecule has 77 heavy (non-hydrogen) atoms. The third-order valence-corrected chi connectivity index (χ3v) is 15.3.